The molecule has 3 fully saturated rings. The van der Waals surface area contributed by atoms with E-state index in [0.717, 1.165) is 25.8 Å². The number of carbonyl (C=O) groups is 2. The number of amides is 4. The van der Waals surface area contributed by atoms with E-state index < -0.39 is 0 Å². The second-order valence-corrected chi connectivity index (χ2v) is 6.15. The third kappa shape index (κ3) is 3.15. The molecule has 118 valence electrons. The Morgan fingerprint density at radius 1 is 0.952 bits per heavy atom. The minimum Gasteiger partial charge on any atom is -0.378 e. The summed E-state index contributed by atoms with van der Waals surface area (Å²) < 4.78 is 5.27. The Kier molecular flexibility index (Phi) is 4.63. The first-order chi connectivity index (χ1) is 10.3. The van der Waals surface area contributed by atoms with Crippen LogP contribution in [0.15, 0.2) is 0 Å². The van der Waals surface area contributed by atoms with E-state index in [0.29, 0.717) is 38.9 Å². The number of nitrogens with zero attached hydrogens (tertiary/aromatic N) is 3. The first-order valence-corrected chi connectivity index (χ1v) is 8.22. The van der Waals surface area contributed by atoms with Crippen LogP contribution in [0.1, 0.15) is 38.5 Å². The zero-order valence-corrected chi connectivity index (χ0v) is 12.6. The first-order valence-electron chi connectivity index (χ1n) is 8.22. The molecule has 0 unspecified atom stereocenters. The fourth-order valence-electron chi connectivity index (χ4n) is 3.58. The summed E-state index contributed by atoms with van der Waals surface area (Å²) in [4.78, 5) is 30.4. The fourth-order valence-corrected chi connectivity index (χ4v) is 3.58. The smallest absolute Gasteiger partial charge is 0.328 e. The lowest BCUT2D eigenvalue weighted by Gasteiger charge is -2.42. The molecule has 3 aliphatic rings. The lowest BCUT2D eigenvalue weighted by atomic mass is 9.94. The highest BCUT2D eigenvalue weighted by Gasteiger charge is 2.36. The molecule has 2 saturated heterocycles. The van der Waals surface area contributed by atoms with Gasteiger partial charge in [0.2, 0.25) is 0 Å². The summed E-state index contributed by atoms with van der Waals surface area (Å²) in [5.74, 6) is 0. The second-order valence-electron chi connectivity index (χ2n) is 6.15. The molecule has 0 atom stereocenters. The molecular weight excluding hydrogens is 270 g/mol. The standard InChI is InChI=1S/C15H25N3O3/c19-14(16-9-11-21-12-10-16)18-8-4-7-17(15(18)20)13-5-2-1-3-6-13/h13H,1-12H2. The molecule has 1 aliphatic carbocycles. The quantitative estimate of drug-likeness (QED) is 0.742. The molecule has 2 heterocycles. The molecule has 6 heteroatoms. The van der Waals surface area contributed by atoms with Gasteiger partial charge in [0.05, 0.1) is 13.2 Å². The van der Waals surface area contributed by atoms with E-state index in [9.17, 15) is 9.59 Å². The van der Waals surface area contributed by atoms with E-state index in [4.69, 9.17) is 4.74 Å². The van der Waals surface area contributed by atoms with Crippen LogP contribution in [0.4, 0.5) is 9.59 Å². The van der Waals surface area contributed by atoms with Gasteiger partial charge in [0.25, 0.3) is 0 Å². The van der Waals surface area contributed by atoms with Crippen LogP contribution in [-0.4, -0.2) is 72.2 Å². The van der Waals surface area contributed by atoms with Gasteiger partial charge in [0.15, 0.2) is 0 Å². The van der Waals surface area contributed by atoms with Gasteiger partial charge in [0.1, 0.15) is 0 Å². The van der Waals surface area contributed by atoms with Crippen molar-refractivity contribution in [2.24, 2.45) is 0 Å². The summed E-state index contributed by atoms with van der Waals surface area (Å²) in [7, 11) is 0. The summed E-state index contributed by atoms with van der Waals surface area (Å²) in [6.07, 6.45) is 6.74. The van der Waals surface area contributed by atoms with Crippen molar-refractivity contribution in [3.8, 4) is 0 Å². The lowest BCUT2D eigenvalue weighted by molar-refractivity contribution is 0.0392. The summed E-state index contributed by atoms with van der Waals surface area (Å²) in [5.41, 5.74) is 0. The third-order valence-electron chi connectivity index (χ3n) is 4.79. The zero-order chi connectivity index (χ0) is 14.7. The lowest BCUT2D eigenvalue weighted by Crippen LogP contribution is -2.59. The minimum atomic E-state index is -0.135. The van der Waals surface area contributed by atoms with Gasteiger partial charge >= 0.3 is 12.1 Å². The van der Waals surface area contributed by atoms with E-state index in [1.165, 1.54) is 24.2 Å². The molecule has 4 amide bonds. The average molecular weight is 295 g/mol. The largest absolute Gasteiger partial charge is 0.378 e. The fraction of sp³-hybridized carbons (Fsp3) is 0.867. The maximum atomic E-state index is 12.7. The summed E-state index contributed by atoms with van der Waals surface area (Å²) in [6, 6.07) is 0.125. The van der Waals surface area contributed by atoms with Gasteiger partial charge in [-0.15, -0.1) is 0 Å². The van der Waals surface area contributed by atoms with E-state index in [1.807, 2.05) is 4.90 Å². The Labute approximate surface area is 126 Å². The molecular formula is C15H25N3O3. The van der Waals surface area contributed by atoms with Crippen molar-refractivity contribution in [2.75, 3.05) is 39.4 Å². The van der Waals surface area contributed by atoms with Crippen LogP contribution in [0.3, 0.4) is 0 Å². The summed E-state index contributed by atoms with van der Waals surface area (Å²) >= 11 is 0. The van der Waals surface area contributed by atoms with Crippen molar-refractivity contribution in [2.45, 2.75) is 44.6 Å². The number of imide groups is 1. The highest BCUT2D eigenvalue weighted by molar-refractivity contribution is 5.94. The molecule has 0 aromatic carbocycles. The Morgan fingerprint density at radius 3 is 2.38 bits per heavy atom. The van der Waals surface area contributed by atoms with Gasteiger partial charge in [-0.25, -0.2) is 14.5 Å². The summed E-state index contributed by atoms with van der Waals surface area (Å²) in [6.45, 7) is 3.67. The average Bonchev–Trinajstić information content (AvgIpc) is 2.56. The van der Waals surface area contributed by atoms with Crippen molar-refractivity contribution in [3.05, 3.63) is 0 Å². The molecule has 0 aromatic rings. The van der Waals surface area contributed by atoms with Crippen molar-refractivity contribution in [1.29, 1.82) is 0 Å². The highest BCUT2D eigenvalue weighted by atomic mass is 16.5. The monoisotopic (exact) mass is 295 g/mol. The van der Waals surface area contributed by atoms with Crippen LogP contribution < -0.4 is 0 Å². The normalized spacial score (nSPS) is 25.3. The van der Waals surface area contributed by atoms with Crippen molar-refractivity contribution in [3.63, 3.8) is 0 Å². The van der Waals surface area contributed by atoms with Crippen LogP contribution in [0.2, 0.25) is 0 Å². The van der Waals surface area contributed by atoms with E-state index >= 15 is 0 Å². The Balaban J connectivity index is 1.64. The number of rotatable bonds is 1. The van der Waals surface area contributed by atoms with Crippen molar-refractivity contribution < 1.29 is 14.3 Å². The Bertz CT molecular complexity index is 390. The number of urea groups is 2. The van der Waals surface area contributed by atoms with Gasteiger partial charge in [-0.05, 0) is 19.3 Å². The molecule has 0 radical (unpaired) electrons. The molecule has 21 heavy (non-hydrogen) atoms. The van der Waals surface area contributed by atoms with Gasteiger partial charge in [-0.2, -0.15) is 0 Å². The Morgan fingerprint density at radius 2 is 1.67 bits per heavy atom. The predicted molar refractivity (Wildman–Crippen MR) is 78.1 cm³/mol. The van der Waals surface area contributed by atoms with Crippen molar-refractivity contribution >= 4 is 12.1 Å². The number of carbonyl (C=O) groups excluding carboxylic acids is 2. The SMILES string of the molecule is O=C(N1CCOCC1)N1CCCN(C2CCCCC2)C1=O. The zero-order valence-electron chi connectivity index (χ0n) is 12.6. The molecule has 3 rings (SSSR count). The van der Waals surface area contributed by atoms with Crippen LogP contribution in [-0.2, 0) is 4.74 Å². The number of morpholine rings is 1. The Hall–Kier alpha value is -1.30. The molecule has 1 saturated carbocycles. The van der Waals surface area contributed by atoms with E-state index in [-0.39, 0.29) is 12.1 Å². The molecule has 0 bridgehead atoms. The predicted octanol–water partition coefficient (Wildman–Crippen LogP) is 1.90. The second kappa shape index (κ2) is 6.64. The van der Waals surface area contributed by atoms with Crippen LogP contribution in [0.5, 0.6) is 0 Å². The minimum absolute atomic E-state index is 0.0790. The first kappa shape index (κ1) is 14.6. The van der Waals surface area contributed by atoms with Crippen LogP contribution in [0.25, 0.3) is 0 Å². The van der Waals surface area contributed by atoms with E-state index in [2.05, 4.69) is 0 Å². The number of hydrogen-bond donors (Lipinski definition) is 0. The third-order valence-corrected chi connectivity index (χ3v) is 4.79. The van der Waals surface area contributed by atoms with E-state index in [1.54, 1.807) is 4.90 Å². The molecule has 2 aliphatic heterocycles. The highest BCUT2D eigenvalue weighted by Crippen LogP contribution is 2.26. The molecule has 0 aromatic heterocycles. The van der Waals surface area contributed by atoms with Crippen molar-refractivity contribution in [1.82, 2.24) is 14.7 Å². The van der Waals surface area contributed by atoms with Gasteiger partial charge in [0, 0.05) is 32.2 Å². The number of ether oxygens (including phenoxy) is 1. The maximum Gasteiger partial charge on any atom is 0.328 e. The van der Waals surface area contributed by atoms with Crippen LogP contribution >= 0.6 is 0 Å². The topological polar surface area (TPSA) is 53.1 Å². The van der Waals surface area contributed by atoms with Gasteiger partial charge in [-0.1, -0.05) is 19.3 Å². The van der Waals surface area contributed by atoms with Gasteiger partial charge < -0.3 is 14.5 Å². The molecule has 0 spiro atoms. The molecule has 6 nitrogen and oxygen atoms in total. The summed E-state index contributed by atoms with van der Waals surface area (Å²) in [5, 5.41) is 0. The van der Waals surface area contributed by atoms with Crippen LogP contribution in [0, 0.1) is 0 Å². The van der Waals surface area contributed by atoms with Gasteiger partial charge in [-0.3, -0.25) is 0 Å². The molecule has 0 N–H and O–H groups in total. The maximum absolute atomic E-state index is 12.7. The number of hydrogen-bond acceptors (Lipinski definition) is 3.